The standard InChI is InChI=1S/C16H20N4O/c1-9-4-10(5-11-7-16(2,3)21-13(9)11)6-12-8-19-15(18)20-14(12)17/h4-5,8H,6-7H2,1-3H3,(H4,17,18,19,20). The van der Waals surface area contributed by atoms with Crippen molar-refractivity contribution in [2.24, 2.45) is 0 Å². The number of benzene rings is 1. The van der Waals surface area contributed by atoms with Crippen molar-refractivity contribution in [3.05, 3.63) is 40.6 Å². The highest BCUT2D eigenvalue weighted by atomic mass is 16.5. The number of aromatic nitrogens is 2. The van der Waals surface area contributed by atoms with Gasteiger partial charge in [0.25, 0.3) is 0 Å². The number of fused-ring (bicyclic) bond motifs is 1. The first kappa shape index (κ1) is 13.7. The second-order valence-electron chi connectivity index (χ2n) is 6.25. The topological polar surface area (TPSA) is 87.0 Å². The molecular formula is C16H20N4O. The van der Waals surface area contributed by atoms with Crippen LogP contribution in [-0.2, 0) is 12.8 Å². The zero-order chi connectivity index (χ0) is 15.2. The number of nitrogens with zero attached hydrogens (tertiary/aromatic N) is 2. The molecule has 0 saturated heterocycles. The molecule has 0 unspecified atom stereocenters. The van der Waals surface area contributed by atoms with Crippen LogP contribution in [0.4, 0.5) is 11.8 Å². The second kappa shape index (κ2) is 4.62. The number of nitrogen functional groups attached to an aromatic ring is 2. The van der Waals surface area contributed by atoms with Gasteiger partial charge in [0.15, 0.2) is 0 Å². The van der Waals surface area contributed by atoms with Crippen molar-refractivity contribution in [2.45, 2.75) is 39.2 Å². The first-order valence-corrected chi connectivity index (χ1v) is 7.02. The predicted octanol–water partition coefficient (Wildman–Crippen LogP) is 2.25. The van der Waals surface area contributed by atoms with Crippen LogP contribution in [0.1, 0.15) is 36.1 Å². The van der Waals surface area contributed by atoms with Crippen LogP contribution in [-0.4, -0.2) is 15.6 Å². The molecule has 4 N–H and O–H groups in total. The third-order valence-corrected chi connectivity index (χ3v) is 3.72. The number of anilines is 2. The largest absolute Gasteiger partial charge is 0.487 e. The summed E-state index contributed by atoms with van der Waals surface area (Å²) in [6.45, 7) is 6.29. The van der Waals surface area contributed by atoms with Crippen LogP contribution in [0.3, 0.4) is 0 Å². The van der Waals surface area contributed by atoms with E-state index in [1.807, 2.05) is 0 Å². The first-order valence-electron chi connectivity index (χ1n) is 7.02. The van der Waals surface area contributed by atoms with Gasteiger partial charge in [-0.2, -0.15) is 4.98 Å². The van der Waals surface area contributed by atoms with E-state index in [1.165, 1.54) is 11.1 Å². The zero-order valence-corrected chi connectivity index (χ0v) is 12.6. The van der Waals surface area contributed by atoms with E-state index in [-0.39, 0.29) is 11.5 Å². The summed E-state index contributed by atoms with van der Waals surface area (Å²) in [6.07, 6.45) is 3.31. The molecule has 0 spiro atoms. The third-order valence-electron chi connectivity index (χ3n) is 3.72. The van der Waals surface area contributed by atoms with Crippen LogP contribution in [0.2, 0.25) is 0 Å². The fraction of sp³-hybridized carbons (Fsp3) is 0.375. The number of hydrogen-bond donors (Lipinski definition) is 2. The lowest BCUT2D eigenvalue weighted by atomic mass is 9.96. The quantitative estimate of drug-likeness (QED) is 0.883. The molecule has 1 aliphatic heterocycles. The summed E-state index contributed by atoms with van der Waals surface area (Å²) in [7, 11) is 0. The van der Waals surface area contributed by atoms with Crippen molar-refractivity contribution in [1.29, 1.82) is 0 Å². The van der Waals surface area contributed by atoms with Gasteiger partial charge >= 0.3 is 0 Å². The molecule has 5 nitrogen and oxygen atoms in total. The van der Waals surface area contributed by atoms with Gasteiger partial charge in [0, 0.05) is 24.6 Å². The highest BCUT2D eigenvalue weighted by Gasteiger charge is 2.31. The number of rotatable bonds is 2. The lowest BCUT2D eigenvalue weighted by Crippen LogP contribution is -2.24. The third kappa shape index (κ3) is 2.63. The molecule has 5 heteroatoms. The Bertz CT molecular complexity index is 710. The Morgan fingerprint density at radius 2 is 2.05 bits per heavy atom. The van der Waals surface area contributed by atoms with E-state index in [9.17, 15) is 0 Å². The van der Waals surface area contributed by atoms with Gasteiger partial charge in [-0.05, 0) is 37.5 Å². The Labute approximate surface area is 124 Å². The van der Waals surface area contributed by atoms with Crippen molar-refractivity contribution in [2.75, 3.05) is 11.5 Å². The summed E-state index contributed by atoms with van der Waals surface area (Å²) >= 11 is 0. The van der Waals surface area contributed by atoms with E-state index in [2.05, 4.69) is 42.9 Å². The van der Waals surface area contributed by atoms with Gasteiger partial charge in [-0.1, -0.05) is 12.1 Å². The number of hydrogen-bond acceptors (Lipinski definition) is 5. The van der Waals surface area contributed by atoms with Gasteiger partial charge in [-0.25, -0.2) is 4.98 Å². The molecule has 0 radical (unpaired) electrons. The molecule has 2 heterocycles. The van der Waals surface area contributed by atoms with Gasteiger partial charge in [0.05, 0.1) is 0 Å². The molecule has 1 aromatic heterocycles. The molecule has 21 heavy (non-hydrogen) atoms. The molecule has 0 saturated carbocycles. The molecule has 1 aromatic carbocycles. The minimum Gasteiger partial charge on any atom is -0.487 e. The van der Waals surface area contributed by atoms with Crippen LogP contribution in [0.15, 0.2) is 18.3 Å². The molecule has 1 aliphatic rings. The van der Waals surface area contributed by atoms with E-state index in [0.717, 1.165) is 23.3 Å². The summed E-state index contributed by atoms with van der Waals surface area (Å²) in [4.78, 5) is 8.02. The maximum absolute atomic E-state index is 6.00. The molecule has 0 atom stereocenters. The van der Waals surface area contributed by atoms with E-state index in [1.54, 1.807) is 6.20 Å². The van der Waals surface area contributed by atoms with E-state index in [0.29, 0.717) is 12.2 Å². The lowest BCUT2D eigenvalue weighted by molar-refractivity contribution is 0.137. The Morgan fingerprint density at radius 3 is 2.76 bits per heavy atom. The monoisotopic (exact) mass is 284 g/mol. The normalized spacial score (nSPS) is 15.6. The molecule has 0 amide bonds. The van der Waals surface area contributed by atoms with Gasteiger partial charge in [-0.3, -0.25) is 0 Å². The summed E-state index contributed by atoms with van der Waals surface area (Å²) in [5.41, 5.74) is 15.8. The summed E-state index contributed by atoms with van der Waals surface area (Å²) in [5.74, 6) is 1.67. The van der Waals surface area contributed by atoms with Gasteiger partial charge in [0.1, 0.15) is 17.2 Å². The van der Waals surface area contributed by atoms with E-state index >= 15 is 0 Å². The van der Waals surface area contributed by atoms with Crippen LogP contribution >= 0.6 is 0 Å². The number of aryl methyl sites for hydroxylation is 1. The van der Waals surface area contributed by atoms with Crippen LogP contribution in [0.25, 0.3) is 0 Å². The van der Waals surface area contributed by atoms with Crippen molar-refractivity contribution in [1.82, 2.24) is 9.97 Å². The van der Waals surface area contributed by atoms with Gasteiger partial charge in [-0.15, -0.1) is 0 Å². The minimum atomic E-state index is -0.130. The predicted molar refractivity (Wildman–Crippen MR) is 83.3 cm³/mol. The van der Waals surface area contributed by atoms with Gasteiger partial charge < -0.3 is 16.2 Å². The van der Waals surface area contributed by atoms with Crippen LogP contribution in [0.5, 0.6) is 5.75 Å². The highest BCUT2D eigenvalue weighted by Crippen LogP contribution is 2.38. The molecule has 110 valence electrons. The Kier molecular flexibility index (Phi) is 3.01. The van der Waals surface area contributed by atoms with Crippen LogP contribution in [0, 0.1) is 6.92 Å². The molecular weight excluding hydrogens is 264 g/mol. The van der Waals surface area contributed by atoms with E-state index in [4.69, 9.17) is 16.2 Å². The summed E-state index contributed by atoms with van der Waals surface area (Å²) in [5, 5.41) is 0. The number of ether oxygens (including phenoxy) is 1. The molecule has 0 bridgehead atoms. The second-order valence-corrected chi connectivity index (χ2v) is 6.25. The minimum absolute atomic E-state index is 0.130. The van der Waals surface area contributed by atoms with Gasteiger partial charge in [0.2, 0.25) is 5.95 Å². The maximum Gasteiger partial charge on any atom is 0.221 e. The lowest BCUT2D eigenvalue weighted by Gasteiger charge is -2.17. The SMILES string of the molecule is Cc1cc(Cc2cnc(N)nc2N)cc2c1OC(C)(C)C2. The molecule has 0 aliphatic carbocycles. The van der Waals surface area contributed by atoms with E-state index < -0.39 is 0 Å². The fourth-order valence-corrected chi connectivity index (χ4v) is 2.87. The Balaban J connectivity index is 1.93. The fourth-order valence-electron chi connectivity index (χ4n) is 2.87. The number of nitrogens with two attached hydrogens (primary N) is 2. The molecule has 3 rings (SSSR count). The summed E-state index contributed by atoms with van der Waals surface area (Å²) < 4.78 is 6.00. The smallest absolute Gasteiger partial charge is 0.221 e. The van der Waals surface area contributed by atoms with Crippen molar-refractivity contribution < 1.29 is 4.74 Å². The van der Waals surface area contributed by atoms with Crippen molar-refractivity contribution in [3.8, 4) is 5.75 Å². The highest BCUT2D eigenvalue weighted by molar-refractivity contribution is 5.50. The Hall–Kier alpha value is -2.30. The molecule has 0 fully saturated rings. The molecule has 2 aromatic rings. The van der Waals surface area contributed by atoms with Crippen molar-refractivity contribution >= 4 is 11.8 Å². The first-order chi connectivity index (χ1) is 9.84. The Morgan fingerprint density at radius 1 is 1.29 bits per heavy atom. The zero-order valence-electron chi connectivity index (χ0n) is 12.6. The average molecular weight is 284 g/mol. The van der Waals surface area contributed by atoms with Crippen molar-refractivity contribution in [3.63, 3.8) is 0 Å². The summed E-state index contributed by atoms with van der Waals surface area (Å²) in [6, 6.07) is 4.32. The maximum atomic E-state index is 6.00. The average Bonchev–Trinajstić information content (AvgIpc) is 2.68. The van der Waals surface area contributed by atoms with Crippen LogP contribution < -0.4 is 16.2 Å².